The summed E-state index contributed by atoms with van der Waals surface area (Å²) in [7, 11) is 0. The zero-order valence-electron chi connectivity index (χ0n) is 18.3. The summed E-state index contributed by atoms with van der Waals surface area (Å²) in [4.78, 5) is 31.1. The van der Waals surface area contributed by atoms with Gasteiger partial charge in [0.15, 0.2) is 0 Å². The van der Waals surface area contributed by atoms with E-state index in [1.54, 1.807) is 17.0 Å². The Morgan fingerprint density at radius 3 is 2.60 bits per heavy atom. The third-order valence-electron chi connectivity index (χ3n) is 6.29. The molecule has 2 aromatic carbocycles. The van der Waals surface area contributed by atoms with E-state index in [9.17, 15) is 27.2 Å². The van der Waals surface area contributed by atoms with Crippen molar-refractivity contribution in [2.24, 2.45) is 0 Å². The number of aromatic nitrogens is 3. The molecule has 1 aliphatic rings. The molecule has 0 atom stereocenters. The van der Waals surface area contributed by atoms with Gasteiger partial charge in [-0.15, -0.1) is 0 Å². The van der Waals surface area contributed by atoms with Crippen LogP contribution < -0.4 is 4.87 Å². The van der Waals surface area contributed by atoms with E-state index in [2.05, 4.69) is 4.98 Å². The highest BCUT2D eigenvalue weighted by Crippen LogP contribution is 2.32. The van der Waals surface area contributed by atoms with Gasteiger partial charge in [-0.25, -0.2) is 9.37 Å². The molecule has 3 heterocycles. The molecule has 0 radical (unpaired) electrons. The summed E-state index contributed by atoms with van der Waals surface area (Å²) in [5.41, 5.74) is -0.801. The smallest absolute Gasteiger partial charge is 0.339 e. The largest absolute Gasteiger partial charge is 0.416 e. The number of nitrogens with zero attached hydrogens (tertiary/aromatic N) is 4. The molecule has 1 amide bonds. The summed E-state index contributed by atoms with van der Waals surface area (Å²) in [5.74, 6) is -0.980. The van der Waals surface area contributed by atoms with E-state index in [-0.39, 0.29) is 23.9 Å². The lowest BCUT2D eigenvalue weighted by Gasteiger charge is -2.32. The minimum atomic E-state index is -4.66. The molecule has 5 rings (SSSR count). The molecule has 11 heteroatoms. The van der Waals surface area contributed by atoms with Gasteiger partial charge in [0.25, 0.3) is 5.91 Å². The molecule has 0 unspecified atom stereocenters. The molecule has 0 saturated carbocycles. The number of likely N-dealkylation sites (tertiary alicyclic amines) is 1. The SMILES string of the molecule is O=C(c1cc(C(F)(F)F)ccc1F)N1CCC(c2nccn2Cn2c(=O)sc3ccccc32)CC1. The predicted molar refractivity (Wildman–Crippen MR) is 123 cm³/mol. The van der Waals surface area contributed by atoms with Crippen molar-refractivity contribution in [3.63, 3.8) is 0 Å². The Morgan fingerprint density at radius 2 is 1.86 bits per heavy atom. The summed E-state index contributed by atoms with van der Waals surface area (Å²) in [6.07, 6.45) is -0.179. The predicted octanol–water partition coefficient (Wildman–Crippen LogP) is 4.94. The second kappa shape index (κ2) is 8.95. The number of imidazole rings is 1. The van der Waals surface area contributed by atoms with Crippen molar-refractivity contribution in [2.75, 3.05) is 13.1 Å². The molecule has 1 aliphatic heterocycles. The standard InChI is InChI=1S/C24H20F4N4O2S/c25-18-6-5-16(24(26,27)28)13-17(18)22(33)30-10-7-15(8-11-30)21-29-9-12-31(21)14-32-19-3-1-2-4-20(19)35-23(32)34/h1-6,9,12-13,15H,7-8,10-11,14H2. The number of piperidine rings is 1. The van der Waals surface area contributed by atoms with Crippen LogP contribution in [0.4, 0.5) is 17.6 Å². The highest BCUT2D eigenvalue weighted by molar-refractivity contribution is 7.16. The number of carbonyl (C=O) groups excluding carboxylic acids is 1. The normalized spacial score (nSPS) is 15.1. The Labute approximate surface area is 201 Å². The first-order chi connectivity index (χ1) is 16.7. The van der Waals surface area contributed by atoms with Crippen molar-refractivity contribution in [1.29, 1.82) is 0 Å². The Bertz CT molecular complexity index is 1450. The van der Waals surface area contributed by atoms with Gasteiger partial charge >= 0.3 is 11.0 Å². The van der Waals surface area contributed by atoms with Crippen LogP contribution in [0.2, 0.25) is 0 Å². The summed E-state index contributed by atoms with van der Waals surface area (Å²) < 4.78 is 57.7. The van der Waals surface area contributed by atoms with Gasteiger partial charge in [0.2, 0.25) is 0 Å². The van der Waals surface area contributed by atoms with Crippen molar-refractivity contribution in [2.45, 2.75) is 31.6 Å². The van der Waals surface area contributed by atoms with Crippen LogP contribution in [0.1, 0.15) is 40.5 Å². The molecule has 6 nitrogen and oxygen atoms in total. The second-order valence-corrected chi connectivity index (χ2v) is 9.41. The van der Waals surface area contributed by atoms with E-state index in [0.29, 0.717) is 37.7 Å². The lowest BCUT2D eigenvalue weighted by Crippen LogP contribution is -2.39. The number of rotatable bonds is 4. The van der Waals surface area contributed by atoms with Gasteiger partial charge < -0.3 is 9.47 Å². The number of fused-ring (bicyclic) bond motifs is 1. The third kappa shape index (κ3) is 4.47. The van der Waals surface area contributed by atoms with E-state index >= 15 is 0 Å². The Morgan fingerprint density at radius 1 is 1.11 bits per heavy atom. The second-order valence-electron chi connectivity index (χ2n) is 8.42. The first kappa shape index (κ1) is 23.3. The third-order valence-corrected chi connectivity index (χ3v) is 7.25. The van der Waals surface area contributed by atoms with Crippen LogP contribution in [-0.2, 0) is 12.8 Å². The van der Waals surface area contributed by atoms with Crippen LogP contribution in [0.3, 0.4) is 0 Å². The molecule has 0 aliphatic carbocycles. The molecule has 0 N–H and O–H groups in total. The molecular weight excluding hydrogens is 484 g/mol. The van der Waals surface area contributed by atoms with Gasteiger partial charge in [0, 0.05) is 31.4 Å². The lowest BCUT2D eigenvalue weighted by atomic mass is 9.95. The van der Waals surface area contributed by atoms with Crippen molar-refractivity contribution in [3.05, 3.63) is 87.3 Å². The molecule has 35 heavy (non-hydrogen) atoms. The van der Waals surface area contributed by atoms with Gasteiger partial charge in [0.1, 0.15) is 18.3 Å². The average Bonchev–Trinajstić information content (AvgIpc) is 3.43. The first-order valence-electron chi connectivity index (χ1n) is 11.0. The topological polar surface area (TPSA) is 60.1 Å². The van der Waals surface area contributed by atoms with Crippen molar-refractivity contribution in [1.82, 2.24) is 19.0 Å². The van der Waals surface area contributed by atoms with Crippen molar-refractivity contribution >= 4 is 27.5 Å². The average molecular weight is 505 g/mol. The highest BCUT2D eigenvalue weighted by Gasteiger charge is 2.33. The van der Waals surface area contributed by atoms with Crippen LogP contribution in [0.5, 0.6) is 0 Å². The number of amides is 1. The van der Waals surface area contributed by atoms with E-state index in [1.165, 1.54) is 16.2 Å². The molecule has 1 fully saturated rings. The van der Waals surface area contributed by atoms with E-state index in [4.69, 9.17) is 0 Å². The number of benzene rings is 2. The minimum absolute atomic E-state index is 0.0130. The molecule has 0 spiro atoms. The van der Waals surface area contributed by atoms with Crippen molar-refractivity contribution < 1.29 is 22.4 Å². The molecule has 182 valence electrons. The van der Waals surface area contributed by atoms with E-state index in [1.807, 2.05) is 28.8 Å². The van der Waals surface area contributed by atoms with Crippen molar-refractivity contribution in [3.8, 4) is 0 Å². The van der Waals surface area contributed by atoms with Gasteiger partial charge in [-0.05, 0) is 43.2 Å². The number of hydrogen-bond acceptors (Lipinski definition) is 4. The van der Waals surface area contributed by atoms with Crippen LogP contribution in [0.25, 0.3) is 10.2 Å². The number of carbonyl (C=O) groups is 1. The summed E-state index contributed by atoms with van der Waals surface area (Å²) in [6, 6.07) is 9.41. The number of para-hydroxylation sites is 1. The lowest BCUT2D eigenvalue weighted by molar-refractivity contribution is -0.137. The van der Waals surface area contributed by atoms with Gasteiger partial charge in [0.05, 0.1) is 21.3 Å². The number of hydrogen-bond donors (Lipinski definition) is 0. The first-order valence-corrected chi connectivity index (χ1v) is 11.8. The molecule has 1 saturated heterocycles. The van der Waals surface area contributed by atoms with E-state index in [0.717, 1.165) is 16.0 Å². The Balaban J connectivity index is 1.31. The molecular formula is C24H20F4N4O2S. The molecule has 4 aromatic rings. The monoisotopic (exact) mass is 504 g/mol. The summed E-state index contributed by atoms with van der Waals surface area (Å²) in [6.45, 7) is 0.813. The van der Waals surface area contributed by atoms with Crippen LogP contribution >= 0.6 is 11.3 Å². The fraction of sp³-hybridized carbons (Fsp3) is 0.292. The van der Waals surface area contributed by atoms with Crippen LogP contribution in [-0.4, -0.2) is 38.0 Å². The number of thiazole rings is 1. The molecule has 2 aromatic heterocycles. The highest BCUT2D eigenvalue weighted by atomic mass is 32.1. The zero-order valence-corrected chi connectivity index (χ0v) is 19.2. The minimum Gasteiger partial charge on any atom is -0.339 e. The fourth-order valence-corrected chi connectivity index (χ4v) is 5.36. The maximum atomic E-state index is 14.2. The Hall–Kier alpha value is -3.47. The maximum Gasteiger partial charge on any atom is 0.416 e. The number of halogens is 4. The Kier molecular flexibility index (Phi) is 5.96. The summed E-state index contributed by atoms with van der Waals surface area (Å²) >= 11 is 1.18. The summed E-state index contributed by atoms with van der Waals surface area (Å²) in [5, 5.41) is 0. The van der Waals surface area contributed by atoms with Gasteiger partial charge in [-0.3, -0.25) is 14.2 Å². The van der Waals surface area contributed by atoms with Gasteiger partial charge in [-0.1, -0.05) is 23.5 Å². The van der Waals surface area contributed by atoms with E-state index < -0.39 is 29.0 Å². The van der Waals surface area contributed by atoms with Crippen LogP contribution in [0, 0.1) is 5.82 Å². The van der Waals surface area contributed by atoms with Gasteiger partial charge in [-0.2, -0.15) is 13.2 Å². The molecule has 0 bridgehead atoms. The fourth-order valence-electron chi connectivity index (χ4n) is 4.48. The zero-order chi connectivity index (χ0) is 24.7. The number of alkyl halides is 3. The maximum absolute atomic E-state index is 14.2. The quantitative estimate of drug-likeness (QED) is 0.370. The van der Waals surface area contributed by atoms with Crippen LogP contribution in [0.15, 0.2) is 59.7 Å².